The summed E-state index contributed by atoms with van der Waals surface area (Å²) in [5.41, 5.74) is 0. The van der Waals surface area contributed by atoms with E-state index >= 15 is 0 Å². The maximum absolute atomic E-state index is 10.1. The van der Waals surface area contributed by atoms with Gasteiger partial charge in [0.25, 0.3) is 0 Å². The predicted molar refractivity (Wildman–Crippen MR) is 25.0 cm³/mol. The minimum atomic E-state index is -5.25. The Morgan fingerprint density at radius 1 is 0.929 bits per heavy atom. The van der Waals surface area contributed by atoms with Crippen LogP contribution in [-0.4, -0.2) is 0 Å². The molecule has 0 rings (SSSR count). The van der Waals surface area contributed by atoms with Gasteiger partial charge in [0.05, 0.1) is 0 Å². The average molecular weight is 290 g/mol. The van der Waals surface area contributed by atoms with Gasteiger partial charge in [0.15, 0.2) is 0 Å². The zero-order chi connectivity index (χ0) is 9.07. The summed E-state index contributed by atoms with van der Waals surface area (Å²) in [6, 6.07) is 0. The molecule has 0 heterocycles. The first-order chi connectivity index (χ1) is 4.83. The van der Waals surface area contributed by atoms with Gasteiger partial charge in [0.2, 0.25) is 0 Å². The van der Waals surface area contributed by atoms with Gasteiger partial charge in [-0.15, -0.1) is 0 Å². The fourth-order valence-electron chi connectivity index (χ4n) is 0.178. The summed E-state index contributed by atoms with van der Waals surface area (Å²) in [7, 11) is -12.6. The molecule has 0 aliphatic rings. The Morgan fingerprint density at radius 3 is 1.29 bits per heavy atom. The van der Waals surface area contributed by atoms with Crippen LogP contribution in [0.3, 0.4) is 0 Å². The third kappa shape index (κ3) is 17.6. The second kappa shape index (κ2) is 12.7. The number of rotatable bonds is 4. The van der Waals surface area contributed by atoms with Crippen LogP contribution in [0.1, 0.15) is 0 Å². The SMILES string of the molecule is O=[P+]([O-])OP(=O)([O-])O[P+](=O)[O-].[Na+].[Na+].[Na+]. The molecule has 0 saturated heterocycles. The molecule has 0 aromatic carbocycles. The van der Waals surface area contributed by atoms with E-state index in [-0.39, 0.29) is 88.7 Å². The van der Waals surface area contributed by atoms with Crippen molar-refractivity contribution in [3.05, 3.63) is 0 Å². The monoisotopic (exact) mass is 290 g/mol. The van der Waals surface area contributed by atoms with Crippen molar-refractivity contribution in [1.82, 2.24) is 0 Å². The number of hydrogen-bond acceptors (Lipinski definition) is 8. The Labute approximate surface area is 148 Å². The fourth-order valence-corrected chi connectivity index (χ4v) is 1.87. The molecule has 64 valence electrons. The number of phosphoric acid groups is 1. The van der Waals surface area contributed by atoms with Gasteiger partial charge in [-0.2, -0.15) is 0 Å². The molecule has 0 fully saturated rings. The van der Waals surface area contributed by atoms with Crippen LogP contribution in [-0.2, 0) is 22.3 Å². The molecule has 14 heavy (non-hydrogen) atoms. The quantitative estimate of drug-likeness (QED) is 0.367. The van der Waals surface area contributed by atoms with E-state index < -0.39 is 24.3 Å². The van der Waals surface area contributed by atoms with Gasteiger partial charge in [-0.3, -0.25) is 4.57 Å². The molecule has 0 aromatic rings. The Hall–Kier alpha value is 3.23. The average Bonchev–Trinajstić information content (AvgIpc) is 1.53. The first-order valence-electron chi connectivity index (χ1n) is 1.83. The Morgan fingerprint density at radius 2 is 1.14 bits per heavy atom. The molecule has 0 radical (unpaired) electrons. The second-order valence-electron chi connectivity index (χ2n) is 1.06. The predicted octanol–water partition coefficient (Wildman–Crippen LogP) is -10.5. The van der Waals surface area contributed by atoms with E-state index in [4.69, 9.17) is 0 Å². The molecule has 0 aliphatic heterocycles. The van der Waals surface area contributed by atoms with Crippen molar-refractivity contribution in [3.8, 4) is 0 Å². The minimum Gasteiger partial charge on any atom is -0.750 e. The van der Waals surface area contributed by atoms with Crippen molar-refractivity contribution < 1.29 is 126 Å². The molecule has 0 aromatic heterocycles. The van der Waals surface area contributed by atoms with E-state index in [9.17, 15) is 28.4 Å². The summed E-state index contributed by atoms with van der Waals surface area (Å²) in [4.78, 5) is 29.2. The standard InChI is InChI=1S/3Na.HO8P3/c;;;1-9(2)7-11(5,6)8-10(3)4/h;;;(H,5,6)/q3*+1;/p-1. The van der Waals surface area contributed by atoms with Crippen LogP contribution in [0.5, 0.6) is 0 Å². The van der Waals surface area contributed by atoms with E-state index in [1.165, 1.54) is 0 Å². The fraction of sp³-hybridized carbons (Fsp3) is 0. The number of hydrogen-bond donors (Lipinski definition) is 0. The molecule has 14 heteroatoms. The van der Waals surface area contributed by atoms with Gasteiger partial charge in [0, 0.05) is 0 Å². The van der Waals surface area contributed by atoms with Crippen molar-refractivity contribution in [2.24, 2.45) is 0 Å². The van der Waals surface area contributed by atoms with E-state index in [0.717, 1.165) is 0 Å². The van der Waals surface area contributed by atoms with E-state index in [1.54, 1.807) is 0 Å². The first-order valence-corrected chi connectivity index (χ1v) is 5.48. The molecular formula is Na3O8P3+2. The normalized spacial score (nSPS) is 14.8. The summed E-state index contributed by atoms with van der Waals surface area (Å²) in [5, 5.41) is 0. The molecule has 8 nitrogen and oxygen atoms in total. The molecule has 0 bridgehead atoms. The molecule has 2 atom stereocenters. The summed E-state index contributed by atoms with van der Waals surface area (Å²) < 4.78 is 35.4. The van der Waals surface area contributed by atoms with Gasteiger partial charge >= 0.3 is 113 Å². The topological polar surface area (TPSA) is 139 Å². The van der Waals surface area contributed by atoms with Gasteiger partial charge < -0.3 is 14.7 Å². The molecule has 2 unspecified atom stereocenters. The van der Waals surface area contributed by atoms with E-state index in [2.05, 4.69) is 8.62 Å². The van der Waals surface area contributed by atoms with E-state index in [0.29, 0.717) is 0 Å². The van der Waals surface area contributed by atoms with Crippen LogP contribution in [0.2, 0.25) is 0 Å². The van der Waals surface area contributed by atoms with Gasteiger partial charge in [0.1, 0.15) is 0 Å². The molecule has 0 N–H and O–H groups in total. The smallest absolute Gasteiger partial charge is 0.750 e. The molecule has 0 saturated carbocycles. The van der Waals surface area contributed by atoms with E-state index in [1.807, 2.05) is 0 Å². The van der Waals surface area contributed by atoms with Crippen molar-refractivity contribution in [2.75, 3.05) is 0 Å². The maximum atomic E-state index is 10.1. The van der Waals surface area contributed by atoms with Gasteiger partial charge in [-0.25, -0.2) is 0 Å². The summed E-state index contributed by atoms with van der Waals surface area (Å²) in [6.07, 6.45) is 0. The van der Waals surface area contributed by atoms with Crippen molar-refractivity contribution in [3.63, 3.8) is 0 Å². The van der Waals surface area contributed by atoms with Crippen LogP contribution in [0.4, 0.5) is 0 Å². The molecule has 0 spiro atoms. The van der Waals surface area contributed by atoms with Crippen molar-refractivity contribution >= 4 is 24.3 Å². The largest absolute Gasteiger partial charge is 1.00 e. The van der Waals surface area contributed by atoms with Gasteiger partial charge in [-0.1, -0.05) is 8.62 Å². The minimum absolute atomic E-state index is 0. The summed E-state index contributed by atoms with van der Waals surface area (Å²) in [6.45, 7) is 0. The van der Waals surface area contributed by atoms with Crippen molar-refractivity contribution in [1.29, 1.82) is 0 Å². The molecular weight excluding hydrogens is 290 g/mol. The second-order valence-corrected chi connectivity index (χ2v) is 4.15. The summed E-state index contributed by atoms with van der Waals surface area (Å²) >= 11 is 0. The third-order valence-corrected chi connectivity index (χ3v) is 3.00. The zero-order valence-electron chi connectivity index (χ0n) is 7.61. The summed E-state index contributed by atoms with van der Waals surface area (Å²) in [5.74, 6) is 0. The van der Waals surface area contributed by atoms with Gasteiger partial charge in [-0.05, 0) is 9.13 Å². The Balaban J connectivity index is -0.000000167. The molecule has 0 aliphatic carbocycles. The van der Waals surface area contributed by atoms with Crippen molar-refractivity contribution in [2.45, 2.75) is 0 Å². The van der Waals surface area contributed by atoms with Crippen LogP contribution in [0.15, 0.2) is 0 Å². The maximum Gasteiger partial charge on any atom is 1.00 e. The van der Waals surface area contributed by atoms with Crippen LogP contribution in [0, 0.1) is 0 Å². The third-order valence-electron chi connectivity index (χ3n) is 0.333. The van der Waals surface area contributed by atoms with Crippen LogP contribution < -0.4 is 103 Å². The van der Waals surface area contributed by atoms with Crippen LogP contribution >= 0.6 is 24.3 Å². The first kappa shape index (κ1) is 25.9. The molecule has 0 amide bonds. The Bertz CT molecular complexity index is 206. The van der Waals surface area contributed by atoms with Crippen LogP contribution in [0.25, 0.3) is 0 Å². The Kier molecular flexibility index (Phi) is 23.5. The zero-order valence-corrected chi connectivity index (χ0v) is 16.3.